The van der Waals surface area contributed by atoms with E-state index in [-0.39, 0.29) is 28.9 Å². The lowest BCUT2D eigenvalue weighted by Gasteiger charge is -2.45. The number of sulfonamides is 1. The molecule has 1 fully saturated rings. The highest BCUT2D eigenvalue weighted by Gasteiger charge is 2.41. The van der Waals surface area contributed by atoms with Gasteiger partial charge >= 0.3 is 6.09 Å². The van der Waals surface area contributed by atoms with Gasteiger partial charge in [0.1, 0.15) is 0 Å². The molecular weight excluding hydrogens is 366 g/mol. The van der Waals surface area contributed by atoms with Crippen molar-refractivity contribution < 1.29 is 17.9 Å². The number of fused-ring (bicyclic) bond motifs is 2. The van der Waals surface area contributed by atoms with E-state index in [4.69, 9.17) is 4.74 Å². The van der Waals surface area contributed by atoms with Crippen molar-refractivity contribution in [1.82, 2.24) is 9.73 Å². The minimum absolute atomic E-state index is 0.0427. The van der Waals surface area contributed by atoms with Gasteiger partial charge in [0.15, 0.2) is 0 Å². The third kappa shape index (κ3) is 4.16. The fraction of sp³-hybridized carbons (Fsp3) is 0.474. The Labute approximate surface area is 160 Å². The summed E-state index contributed by atoms with van der Waals surface area (Å²) >= 11 is 0. The highest BCUT2D eigenvalue weighted by Crippen LogP contribution is 2.35. The van der Waals surface area contributed by atoms with Crippen LogP contribution < -0.4 is 4.83 Å². The van der Waals surface area contributed by atoms with Crippen molar-refractivity contribution in [3.8, 4) is 0 Å². The minimum Gasteiger partial charge on any atom is -0.450 e. The maximum absolute atomic E-state index is 12.4. The number of benzene rings is 1. The quantitative estimate of drug-likeness (QED) is 0.475. The molecule has 3 atom stereocenters. The van der Waals surface area contributed by atoms with E-state index >= 15 is 0 Å². The van der Waals surface area contributed by atoms with Crippen LogP contribution in [0.4, 0.5) is 4.79 Å². The van der Waals surface area contributed by atoms with Crippen molar-refractivity contribution in [3.63, 3.8) is 0 Å². The molecule has 2 bridgehead atoms. The molecule has 1 saturated heterocycles. The molecule has 1 aromatic carbocycles. The standard InChI is InChI=1S/C19H25N3O4S/c1-4-26-19(23)22-12-15-7-10-18(22)17(11-15)14(3)20-21-27(24,25)16-8-5-13(2)6-9-16/h5-10,15,17-18,21H,4,11-12H2,1-3H3/b20-14+. The summed E-state index contributed by atoms with van der Waals surface area (Å²) in [5.74, 6) is 0.183. The van der Waals surface area contributed by atoms with Gasteiger partial charge in [0.2, 0.25) is 0 Å². The van der Waals surface area contributed by atoms with Gasteiger partial charge in [-0.1, -0.05) is 29.8 Å². The zero-order valence-electron chi connectivity index (χ0n) is 15.8. The third-order valence-corrected chi connectivity index (χ3v) is 6.28. The van der Waals surface area contributed by atoms with E-state index in [2.05, 4.69) is 16.0 Å². The molecule has 146 valence electrons. The minimum atomic E-state index is -3.72. The number of nitrogens with zero attached hydrogens (tertiary/aromatic N) is 2. The van der Waals surface area contributed by atoms with Gasteiger partial charge in [-0.05, 0) is 45.2 Å². The molecule has 0 saturated carbocycles. The molecular formula is C19H25N3O4S. The molecule has 4 rings (SSSR count). The first-order valence-corrected chi connectivity index (χ1v) is 10.5. The van der Waals surface area contributed by atoms with Gasteiger partial charge in [-0.2, -0.15) is 13.5 Å². The lowest BCUT2D eigenvalue weighted by molar-refractivity contribution is 0.0642. The van der Waals surface area contributed by atoms with Crippen molar-refractivity contribution in [1.29, 1.82) is 0 Å². The number of hydrogen-bond donors (Lipinski definition) is 1. The normalized spacial score (nSPS) is 24.8. The number of nitrogens with one attached hydrogen (secondary N) is 1. The van der Waals surface area contributed by atoms with Crippen LogP contribution in [0.25, 0.3) is 0 Å². The summed E-state index contributed by atoms with van der Waals surface area (Å²) in [6, 6.07) is 6.43. The van der Waals surface area contributed by atoms with Crippen molar-refractivity contribution in [2.75, 3.05) is 13.2 Å². The second kappa shape index (κ2) is 7.72. The Balaban J connectivity index is 1.75. The van der Waals surface area contributed by atoms with Crippen LogP contribution in [0.2, 0.25) is 0 Å². The predicted octanol–water partition coefficient (Wildman–Crippen LogP) is 2.68. The van der Waals surface area contributed by atoms with Crippen LogP contribution in [0.1, 0.15) is 25.8 Å². The topological polar surface area (TPSA) is 88.1 Å². The Morgan fingerprint density at radius 1 is 1.30 bits per heavy atom. The van der Waals surface area contributed by atoms with Crippen LogP contribution in [0.3, 0.4) is 0 Å². The Kier molecular flexibility index (Phi) is 5.55. The molecule has 0 radical (unpaired) electrons. The van der Waals surface area contributed by atoms with E-state index < -0.39 is 10.0 Å². The summed E-state index contributed by atoms with van der Waals surface area (Å²) in [6.07, 6.45) is 4.60. The van der Waals surface area contributed by atoms with E-state index in [0.717, 1.165) is 12.0 Å². The lowest BCUT2D eigenvalue weighted by atomic mass is 9.76. The second-order valence-corrected chi connectivity index (χ2v) is 8.65. The SMILES string of the molecule is CCOC(=O)N1CC2C=CC1C(/C(C)=N/NS(=O)(=O)c1ccc(C)cc1)C2. The largest absolute Gasteiger partial charge is 0.450 e. The maximum atomic E-state index is 12.4. The number of piperidine rings is 1. The molecule has 2 aliphatic heterocycles. The summed E-state index contributed by atoms with van der Waals surface area (Å²) in [4.78, 5) is 16.4. The molecule has 2 heterocycles. The lowest BCUT2D eigenvalue weighted by Crippen LogP contribution is -2.54. The Hall–Kier alpha value is -2.35. The van der Waals surface area contributed by atoms with Crippen molar-refractivity contribution in [2.45, 2.75) is 38.1 Å². The average molecular weight is 391 g/mol. The second-order valence-electron chi connectivity index (χ2n) is 6.99. The van der Waals surface area contributed by atoms with Gasteiger partial charge in [-0.25, -0.2) is 9.63 Å². The van der Waals surface area contributed by atoms with Gasteiger partial charge in [0.25, 0.3) is 10.0 Å². The molecule has 3 unspecified atom stereocenters. The van der Waals surface area contributed by atoms with E-state index in [1.165, 1.54) is 0 Å². The number of amides is 1. The fourth-order valence-electron chi connectivity index (χ4n) is 3.59. The smallest absolute Gasteiger partial charge is 0.410 e. The fourth-order valence-corrected chi connectivity index (χ4v) is 4.45. The van der Waals surface area contributed by atoms with Crippen molar-refractivity contribution >= 4 is 21.8 Å². The molecule has 1 aromatic rings. The van der Waals surface area contributed by atoms with Gasteiger partial charge in [-0.15, -0.1) is 0 Å². The summed E-state index contributed by atoms with van der Waals surface area (Å²) in [7, 11) is -3.72. The van der Waals surface area contributed by atoms with E-state index in [0.29, 0.717) is 18.9 Å². The third-order valence-electron chi connectivity index (χ3n) is 5.05. The first kappa shape index (κ1) is 19.4. The number of aryl methyl sites for hydroxylation is 1. The van der Waals surface area contributed by atoms with E-state index in [1.807, 2.05) is 13.0 Å². The Morgan fingerprint density at radius 2 is 2.00 bits per heavy atom. The zero-order chi connectivity index (χ0) is 19.6. The molecule has 1 N–H and O–H groups in total. The maximum Gasteiger partial charge on any atom is 0.410 e. The predicted molar refractivity (Wildman–Crippen MR) is 103 cm³/mol. The Bertz CT molecular complexity index is 861. The molecule has 1 amide bonds. The van der Waals surface area contributed by atoms with Crippen LogP contribution in [0.5, 0.6) is 0 Å². The zero-order valence-corrected chi connectivity index (χ0v) is 16.6. The first-order valence-electron chi connectivity index (χ1n) is 9.06. The number of carbonyl (C=O) groups excluding carboxylic acids is 1. The van der Waals surface area contributed by atoms with Gasteiger partial charge in [0.05, 0.1) is 17.5 Å². The average Bonchev–Trinajstić information content (AvgIpc) is 2.67. The van der Waals surface area contributed by atoms with Gasteiger partial charge < -0.3 is 9.64 Å². The number of ether oxygens (including phenoxy) is 1. The van der Waals surface area contributed by atoms with Crippen LogP contribution in [0, 0.1) is 18.8 Å². The number of carbonyl (C=O) groups is 1. The molecule has 27 heavy (non-hydrogen) atoms. The molecule has 0 aromatic heterocycles. The highest BCUT2D eigenvalue weighted by atomic mass is 32.2. The van der Waals surface area contributed by atoms with Crippen LogP contribution in [0.15, 0.2) is 46.4 Å². The number of rotatable bonds is 5. The Morgan fingerprint density at radius 3 is 2.63 bits per heavy atom. The summed E-state index contributed by atoms with van der Waals surface area (Å²) in [5.41, 5.74) is 1.64. The van der Waals surface area contributed by atoms with Crippen LogP contribution >= 0.6 is 0 Å². The highest BCUT2D eigenvalue weighted by molar-refractivity contribution is 7.89. The van der Waals surface area contributed by atoms with Crippen LogP contribution in [-0.4, -0.2) is 44.3 Å². The number of hydrogen-bond acceptors (Lipinski definition) is 5. The molecule has 8 heteroatoms. The summed E-state index contributed by atoms with van der Waals surface area (Å²) in [6.45, 7) is 6.41. The van der Waals surface area contributed by atoms with Crippen LogP contribution in [-0.2, 0) is 14.8 Å². The summed E-state index contributed by atoms with van der Waals surface area (Å²) < 4.78 is 30.0. The van der Waals surface area contributed by atoms with Gasteiger partial charge in [0, 0.05) is 18.2 Å². The van der Waals surface area contributed by atoms with Crippen molar-refractivity contribution in [2.24, 2.45) is 16.9 Å². The van der Waals surface area contributed by atoms with E-state index in [9.17, 15) is 13.2 Å². The van der Waals surface area contributed by atoms with Gasteiger partial charge in [-0.3, -0.25) is 0 Å². The molecule has 0 spiro atoms. The summed E-state index contributed by atoms with van der Waals surface area (Å²) in [5, 5.41) is 4.14. The molecule has 1 aliphatic carbocycles. The first-order chi connectivity index (χ1) is 12.8. The monoisotopic (exact) mass is 391 g/mol. The molecule has 7 nitrogen and oxygen atoms in total. The van der Waals surface area contributed by atoms with E-state index in [1.54, 1.807) is 43.0 Å². The molecule has 3 aliphatic rings. The van der Waals surface area contributed by atoms with Crippen molar-refractivity contribution in [3.05, 3.63) is 42.0 Å². The number of hydrazone groups is 1.